The van der Waals surface area contributed by atoms with E-state index in [1.807, 2.05) is 37.5 Å². The van der Waals surface area contributed by atoms with Gasteiger partial charge < -0.3 is 4.90 Å². The van der Waals surface area contributed by atoms with Crippen molar-refractivity contribution in [1.82, 2.24) is 24.8 Å². The first kappa shape index (κ1) is 12.3. The molecule has 6 nitrogen and oxygen atoms in total. The molecule has 3 aromatic rings. The summed E-state index contributed by atoms with van der Waals surface area (Å²) in [4.78, 5) is 10.9. The summed E-state index contributed by atoms with van der Waals surface area (Å²) in [5.41, 5.74) is 2.03. The Kier molecular flexibility index (Phi) is 2.80. The number of aryl methyl sites for hydroxylation is 1. The van der Waals surface area contributed by atoms with E-state index in [4.69, 9.17) is 0 Å². The monoisotopic (exact) mass is 280 g/mol. The molecule has 1 aliphatic heterocycles. The highest BCUT2D eigenvalue weighted by molar-refractivity contribution is 5.48. The molecular weight excluding hydrogens is 264 g/mol. The van der Waals surface area contributed by atoms with Gasteiger partial charge in [0.05, 0.1) is 6.04 Å². The second-order valence-corrected chi connectivity index (χ2v) is 5.34. The molecule has 4 heterocycles. The van der Waals surface area contributed by atoms with Crippen LogP contribution in [0, 0.1) is 6.92 Å². The minimum Gasteiger partial charge on any atom is -0.348 e. The number of rotatable bonds is 2. The van der Waals surface area contributed by atoms with Gasteiger partial charge in [-0.1, -0.05) is 6.07 Å². The van der Waals surface area contributed by atoms with Gasteiger partial charge in [-0.15, -0.1) is 14.8 Å². The normalized spacial score (nSPS) is 18.5. The molecule has 6 heteroatoms. The van der Waals surface area contributed by atoms with Crippen molar-refractivity contribution in [3.8, 4) is 0 Å². The van der Waals surface area contributed by atoms with Gasteiger partial charge in [-0.3, -0.25) is 4.98 Å². The van der Waals surface area contributed by atoms with Crippen molar-refractivity contribution >= 4 is 11.5 Å². The number of fused-ring (bicyclic) bond motifs is 1. The molecule has 0 aliphatic carbocycles. The van der Waals surface area contributed by atoms with Crippen molar-refractivity contribution in [2.45, 2.75) is 25.8 Å². The largest absolute Gasteiger partial charge is 0.348 e. The number of hydrogen-bond acceptors (Lipinski definition) is 5. The van der Waals surface area contributed by atoms with Crippen LogP contribution in [0.5, 0.6) is 0 Å². The van der Waals surface area contributed by atoms with E-state index < -0.39 is 0 Å². The summed E-state index contributed by atoms with van der Waals surface area (Å²) in [6, 6.07) is 8.46. The summed E-state index contributed by atoms with van der Waals surface area (Å²) in [5.74, 6) is 1.68. The van der Waals surface area contributed by atoms with E-state index in [9.17, 15) is 0 Å². The number of nitrogens with zero attached hydrogens (tertiary/aromatic N) is 6. The molecule has 0 amide bonds. The fraction of sp³-hybridized carbons (Fsp3) is 0.333. The van der Waals surface area contributed by atoms with E-state index in [0.717, 1.165) is 36.7 Å². The fourth-order valence-electron chi connectivity index (χ4n) is 2.99. The predicted octanol–water partition coefficient (Wildman–Crippen LogP) is 2.17. The molecule has 1 atom stereocenters. The minimum atomic E-state index is 0.341. The van der Waals surface area contributed by atoms with Gasteiger partial charge in [0, 0.05) is 18.9 Å². The number of aromatic nitrogens is 5. The second kappa shape index (κ2) is 4.80. The number of anilines is 1. The minimum absolute atomic E-state index is 0.341. The molecule has 0 unspecified atom stereocenters. The van der Waals surface area contributed by atoms with Crippen molar-refractivity contribution in [3.05, 3.63) is 48.0 Å². The van der Waals surface area contributed by atoms with Crippen LogP contribution in [0.2, 0.25) is 0 Å². The maximum absolute atomic E-state index is 4.60. The molecule has 0 spiro atoms. The summed E-state index contributed by atoms with van der Waals surface area (Å²) in [7, 11) is 0. The number of pyridine rings is 1. The second-order valence-electron chi connectivity index (χ2n) is 5.34. The zero-order chi connectivity index (χ0) is 14.2. The molecule has 4 rings (SSSR count). The van der Waals surface area contributed by atoms with Crippen molar-refractivity contribution in [3.63, 3.8) is 0 Å². The van der Waals surface area contributed by atoms with E-state index in [-0.39, 0.29) is 0 Å². The molecule has 0 aromatic carbocycles. The fourth-order valence-corrected chi connectivity index (χ4v) is 2.99. The first-order valence-corrected chi connectivity index (χ1v) is 7.18. The molecule has 0 radical (unpaired) electrons. The highest BCUT2D eigenvalue weighted by Crippen LogP contribution is 2.34. The third-order valence-electron chi connectivity index (χ3n) is 3.92. The lowest BCUT2D eigenvalue weighted by Crippen LogP contribution is -2.24. The van der Waals surface area contributed by atoms with Crippen LogP contribution in [0.3, 0.4) is 0 Å². The third-order valence-corrected chi connectivity index (χ3v) is 3.92. The Morgan fingerprint density at radius 2 is 2.14 bits per heavy atom. The Hall–Kier alpha value is -2.50. The van der Waals surface area contributed by atoms with E-state index in [1.165, 1.54) is 5.56 Å². The van der Waals surface area contributed by atoms with Crippen LogP contribution in [-0.2, 0) is 0 Å². The zero-order valence-corrected chi connectivity index (χ0v) is 11.8. The van der Waals surface area contributed by atoms with Crippen LogP contribution in [0.1, 0.15) is 30.3 Å². The number of hydrogen-bond donors (Lipinski definition) is 0. The van der Waals surface area contributed by atoms with Gasteiger partial charge >= 0.3 is 0 Å². The first-order chi connectivity index (χ1) is 10.3. The van der Waals surface area contributed by atoms with Crippen LogP contribution >= 0.6 is 0 Å². The Balaban J connectivity index is 1.72. The lowest BCUT2D eigenvalue weighted by atomic mass is 10.1. The van der Waals surface area contributed by atoms with Gasteiger partial charge in [0.15, 0.2) is 11.5 Å². The van der Waals surface area contributed by atoms with Gasteiger partial charge in [-0.2, -0.15) is 0 Å². The Morgan fingerprint density at radius 3 is 3.00 bits per heavy atom. The molecule has 3 aromatic heterocycles. The van der Waals surface area contributed by atoms with E-state index in [1.54, 1.807) is 4.63 Å². The van der Waals surface area contributed by atoms with Gasteiger partial charge in [-0.25, -0.2) is 4.98 Å². The Morgan fingerprint density at radius 1 is 1.19 bits per heavy atom. The predicted molar refractivity (Wildman–Crippen MR) is 79.1 cm³/mol. The maximum atomic E-state index is 4.60. The lowest BCUT2D eigenvalue weighted by molar-refractivity contribution is 0.687. The third kappa shape index (κ3) is 2.12. The van der Waals surface area contributed by atoms with Crippen LogP contribution in [0.4, 0.5) is 5.82 Å². The first-order valence-electron chi connectivity index (χ1n) is 7.18. The summed E-state index contributed by atoms with van der Waals surface area (Å²) in [6.07, 6.45) is 6.05. The summed E-state index contributed by atoms with van der Waals surface area (Å²) in [5, 5.41) is 8.90. The molecule has 1 fully saturated rings. The summed E-state index contributed by atoms with van der Waals surface area (Å²) >= 11 is 0. The van der Waals surface area contributed by atoms with Gasteiger partial charge in [0.1, 0.15) is 5.82 Å². The quantitative estimate of drug-likeness (QED) is 0.720. The standard InChI is InChI=1S/C15H16N6/c1-11-17-14-6-7-15(19-21(14)18-11)20-9-3-5-13(20)12-4-2-8-16-10-12/h2,4,6-8,10,13H,3,5,9H2,1H3/t13-/m0/s1. The van der Waals surface area contributed by atoms with Crippen molar-refractivity contribution in [1.29, 1.82) is 0 Å². The van der Waals surface area contributed by atoms with Crippen LogP contribution < -0.4 is 4.90 Å². The van der Waals surface area contributed by atoms with E-state index in [2.05, 4.69) is 31.1 Å². The maximum Gasteiger partial charge on any atom is 0.176 e. The molecule has 0 N–H and O–H groups in total. The Bertz CT molecular complexity index is 766. The molecule has 0 bridgehead atoms. The molecule has 21 heavy (non-hydrogen) atoms. The molecular formula is C15H16N6. The zero-order valence-electron chi connectivity index (χ0n) is 11.8. The lowest BCUT2D eigenvalue weighted by Gasteiger charge is -2.25. The van der Waals surface area contributed by atoms with Gasteiger partial charge in [-0.05, 0) is 43.5 Å². The smallest absolute Gasteiger partial charge is 0.176 e. The molecule has 1 aliphatic rings. The summed E-state index contributed by atoms with van der Waals surface area (Å²) in [6.45, 7) is 2.88. The topological polar surface area (TPSA) is 59.2 Å². The summed E-state index contributed by atoms with van der Waals surface area (Å²) < 4.78 is 1.61. The van der Waals surface area contributed by atoms with Gasteiger partial charge in [0.25, 0.3) is 0 Å². The van der Waals surface area contributed by atoms with Crippen LogP contribution in [0.25, 0.3) is 5.65 Å². The van der Waals surface area contributed by atoms with E-state index >= 15 is 0 Å². The van der Waals surface area contributed by atoms with Crippen molar-refractivity contribution < 1.29 is 0 Å². The van der Waals surface area contributed by atoms with Crippen molar-refractivity contribution in [2.75, 3.05) is 11.4 Å². The average Bonchev–Trinajstić information content (AvgIpc) is 3.12. The van der Waals surface area contributed by atoms with Crippen LogP contribution in [-0.4, -0.2) is 31.3 Å². The Labute approximate surface area is 122 Å². The average molecular weight is 280 g/mol. The SMILES string of the molecule is Cc1nc2ccc(N3CCC[C@H]3c3cccnc3)nn2n1. The molecule has 106 valence electrons. The molecule has 0 saturated carbocycles. The van der Waals surface area contributed by atoms with Gasteiger partial charge in [0.2, 0.25) is 0 Å². The van der Waals surface area contributed by atoms with Crippen LogP contribution in [0.15, 0.2) is 36.7 Å². The highest BCUT2D eigenvalue weighted by Gasteiger charge is 2.27. The van der Waals surface area contributed by atoms with E-state index in [0.29, 0.717) is 6.04 Å². The van der Waals surface area contributed by atoms with Crippen molar-refractivity contribution in [2.24, 2.45) is 0 Å². The molecule has 1 saturated heterocycles. The highest BCUT2D eigenvalue weighted by atomic mass is 15.5.